The Morgan fingerprint density at radius 3 is 2.84 bits per heavy atom. The predicted octanol–water partition coefficient (Wildman–Crippen LogP) is 3.05. The molecule has 0 amide bonds. The molecule has 0 spiro atoms. The molecule has 0 aromatic carbocycles. The molecule has 3 atom stereocenters. The first-order valence-electron chi connectivity index (χ1n) is 7.74. The van der Waals surface area contributed by atoms with Gasteiger partial charge in [0.25, 0.3) is 0 Å². The van der Waals surface area contributed by atoms with Gasteiger partial charge >= 0.3 is 0 Å². The number of hydrogen-bond acceptors (Lipinski definition) is 3. The third kappa shape index (κ3) is 3.61. The summed E-state index contributed by atoms with van der Waals surface area (Å²) in [6.07, 6.45) is 8.06. The fraction of sp³-hybridized carbons (Fsp3) is 0.750. The fourth-order valence-corrected chi connectivity index (χ4v) is 3.61. The molecular formula is C16H28N2O. The molecule has 2 N–H and O–H groups in total. The first-order chi connectivity index (χ1) is 9.26. The number of furan rings is 1. The van der Waals surface area contributed by atoms with Crippen LogP contribution >= 0.6 is 0 Å². The van der Waals surface area contributed by atoms with Crippen LogP contribution in [-0.4, -0.2) is 30.1 Å². The minimum absolute atomic E-state index is 0.522. The van der Waals surface area contributed by atoms with Crippen molar-refractivity contribution in [2.45, 2.75) is 58.0 Å². The smallest absolute Gasteiger partial charge is 0.105 e. The maximum Gasteiger partial charge on any atom is 0.105 e. The van der Waals surface area contributed by atoms with Crippen LogP contribution in [-0.2, 0) is 6.42 Å². The van der Waals surface area contributed by atoms with E-state index in [1.165, 1.54) is 25.7 Å². The van der Waals surface area contributed by atoms with Gasteiger partial charge in [-0.1, -0.05) is 19.8 Å². The molecule has 1 aliphatic rings. The van der Waals surface area contributed by atoms with Crippen molar-refractivity contribution in [1.29, 1.82) is 0 Å². The number of likely N-dealkylation sites (N-methyl/N-ethyl adjacent to an activating group) is 1. The molecule has 1 aliphatic carbocycles. The Morgan fingerprint density at radius 2 is 2.21 bits per heavy atom. The van der Waals surface area contributed by atoms with Gasteiger partial charge in [0, 0.05) is 18.5 Å². The Hall–Kier alpha value is -0.800. The summed E-state index contributed by atoms with van der Waals surface area (Å²) >= 11 is 0. The molecule has 0 aliphatic heterocycles. The molecule has 19 heavy (non-hydrogen) atoms. The summed E-state index contributed by atoms with van der Waals surface area (Å²) in [5.74, 6) is 1.76. The zero-order chi connectivity index (χ0) is 13.7. The molecule has 0 saturated heterocycles. The standard InChI is InChI=1S/C16H28N2O/c1-3-18(13(2)11-15-8-6-10-19-15)16-9-5-4-7-14(16)12-17/h6,8,10,13-14,16H,3-5,7,9,11-12,17H2,1-2H3. The van der Waals surface area contributed by atoms with E-state index in [4.69, 9.17) is 10.2 Å². The molecule has 0 bridgehead atoms. The van der Waals surface area contributed by atoms with Gasteiger partial charge in [0.1, 0.15) is 5.76 Å². The van der Waals surface area contributed by atoms with E-state index >= 15 is 0 Å². The topological polar surface area (TPSA) is 42.4 Å². The molecule has 3 unspecified atom stereocenters. The van der Waals surface area contributed by atoms with Gasteiger partial charge in [-0.25, -0.2) is 0 Å². The number of hydrogen-bond donors (Lipinski definition) is 1. The minimum Gasteiger partial charge on any atom is -0.469 e. The van der Waals surface area contributed by atoms with Crippen LogP contribution < -0.4 is 5.73 Å². The van der Waals surface area contributed by atoms with Gasteiger partial charge in [0.2, 0.25) is 0 Å². The summed E-state index contributed by atoms with van der Waals surface area (Å²) < 4.78 is 5.49. The van der Waals surface area contributed by atoms with Crippen molar-refractivity contribution < 1.29 is 4.42 Å². The average Bonchev–Trinajstić information content (AvgIpc) is 2.93. The number of nitrogens with two attached hydrogens (primary N) is 1. The quantitative estimate of drug-likeness (QED) is 0.858. The molecule has 3 nitrogen and oxygen atoms in total. The highest BCUT2D eigenvalue weighted by atomic mass is 16.3. The van der Waals surface area contributed by atoms with Crippen LogP contribution in [0.2, 0.25) is 0 Å². The van der Waals surface area contributed by atoms with E-state index in [9.17, 15) is 0 Å². The SMILES string of the molecule is CCN(C(C)Cc1ccco1)C1CCCCC1CN. The van der Waals surface area contributed by atoms with Crippen LogP contribution in [0.4, 0.5) is 0 Å². The monoisotopic (exact) mass is 264 g/mol. The second-order valence-corrected chi connectivity index (χ2v) is 5.81. The highest BCUT2D eigenvalue weighted by molar-refractivity contribution is 5.01. The number of nitrogens with zero attached hydrogens (tertiary/aromatic N) is 1. The Kier molecular flexibility index (Phi) is 5.46. The minimum atomic E-state index is 0.522. The van der Waals surface area contributed by atoms with E-state index < -0.39 is 0 Å². The highest BCUT2D eigenvalue weighted by Gasteiger charge is 2.31. The Labute approximate surface area is 117 Å². The molecule has 0 radical (unpaired) electrons. The lowest BCUT2D eigenvalue weighted by atomic mass is 9.82. The van der Waals surface area contributed by atoms with Crippen molar-refractivity contribution in [3.63, 3.8) is 0 Å². The van der Waals surface area contributed by atoms with E-state index in [-0.39, 0.29) is 0 Å². The van der Waals surface area contributed by atoms with Crippen molar-refractivity contribution >= 4 is 0 Å². The van der Waals surface area contributed by atoms with Gasteiger partial charge in [-0.15, -0.1) is 0 Å². The molecule has 1 aromatic rings. The summed E-state index contributed by atoms with van der Waals surface area (Å²) in [6, 6.07) is 5.23. The lowest BCUT2D eigenvalue weighted by molar-refractivity contribution is 0.0751. The van der Waals surface area contributed by atoms with Gasteiger partial charge in [0.05, 0.1) is 6.26 Å². The van der Waals surface area contributed by atoms with E-state index in [2.05, 4.69) is 24.8 Å². The third-order valence-corrected chi connectivity index (χ3v) is 4.61. The fourth-order valence-electron chi connectivity index (χ4n) is 3.61. The van der Waals surface area contributed by atoms with Crippen LogP contribution in [0.15, 0.2) is 22.8 Å². The van der Waals surface area contributed by atoms with Crippen molar-refractivity contribution in [3.05, 3.63) is 24.2 Å². The molecule has 2 rings (SSSR count). The van der Waals surface area contributed by atoms with E-state index in [1.807, 2.05) is 6.07 Å². The van der Waals surface area contributed by atoms with Crippen LogP contribution in [0.3, 0.4) is 0 Å². The third-order valence-electron chi connectivity index (χ3n) is 4.61. The first kappa shape index (κ1) is 14.6. The van der Waals surface area contributed by atoms with Crippen LogP contribution in [0.25, 0.3) is 0 Å². The summed E-state index contributed by atoms with van der Waals surface area (Å²) in [7, 11) is 0. The molecular weight excluding hydrogens is 236 g/mol. The van der Waals surface area contributed by atoms with E-state index in [0.717, 1.165) is 25.3 Å². The van der Waals surface area contributed by atoms with Gasteiger partial charge in [-0.2, -0.15) is 0 Å². The Morgan fingerprint density at radius 1 is 1.42 bits per heavy atom. The van der Waals surface area contributed by atoms with Gasteiger partial charge in [-0.05, 0) is 50.9 Å². The van der Waals surface area contributed by atoms with Crippen molar-refractivity contribution in [3.8, 4) is 0 Å². The first-order valence-corrected chi connectivity index (χ1v) is 7.74. The Balaban J connectivity index is 2.00. The van der Waals surface area contributed by atoms with E-state index in [0.29, 0.717) is 18.0 Å². The lowest BCUT2D eigenvalue weighted by Crippen LogP contribution is -2.49. The second-order valence-electron chi connectivity index (χ2n) is 5.81. The predicted molar refractivity (Wildman–Crippen MR) is 79.1 cm³/mol. The largest absolute Gasteiger partial charge is 0.469 e. The maximum absolute atomic E-state index is 5.98. The van der Waals surface area contributed by atoms with Gasteiger partial charge < -0.3 is 10.2 Å². The van der Waals surface area contributed by atoms with Gasteiger partial charge in [0.15, 0.2) is 0 Å². The second kappa shape index (κ2) is 7.11. The van der Waals surface area contributed by atoms with Gasteiger partial charge in [-0.3, -0.25) is 4.90 Å². The molecule has 1 heterocycles. The lowest BCUT2D eigenvalue weighted by Gasteiger charge is -2.42. The molecule has 1 saturated carbocycles. The normalized spacial score (nSPS) is 25.7. The zero-order valence-corrected chi connectivity index (χ0v) is 12.3. The average molecular weight is 264 g/mol. The summed E-state index contributed by atoms with van der Waals surface area (Å²) in [6.45, 7) is 6.51. The van der Waals surface area contributed by atoms with Crippen LogP contribution in [0, 0.1) is 5.92 Å². The molecule has 108 valence electrons. The zero-order valence-electron chi connectivity index (χ0n) is 12.3. The maximum atomic E-state index is 5.98. The summed E-state index contributed by atoms with van der Waals surface area (Å²) in [5.41, 5.74) is 5.98. The molecule has 3 heteroatoms. The van der Waals surface area contributed by atoms with Crippen molar-refractivity contribution in [2.24, 2.45) is 11.7 Å². The molecule has 1 aromatic heterocycles. The van der Waals surface area contributed by atoms with Crippen molar-refractivity contribution in [2.75, 3.05) is 13.1 Å². The summed E-state index contributed by atoms with van der Waals surface area (Å²) in [5, 5.41) is 0. The van der Waals surface area contributed by atoms with Crippen LogP contribution in [0.1, 0.15) is 45.3 Å². The number of rotatable bonds is 6. The highest BCUT2D eigenvalue weighted by Crippen LogP contribution is 2.29. The summed E-state index contributed by atoms with van der Waals surface area (Å²) in [4.78, 5) is 2.64. The van der Waals surface area contributed by atoms with E-state index in [1.54, 1.807) is 6.26 Å². The van der Waals surface area contributed by atoms with Crippen molar-refractivity contribution in [1.82, 2.24) is 4.90 Å². The molecule has 1 fully saturated rings. The Bertz CT molecular complexity index is 350. The van der Waals surface area contributed by atoms with Crippen LogP contribution in [0.5, 0.6) is 0 Å².